The molecular weight excluding hydrogens is 421 g/mol. The molecule has 9 heteroatoms. The van der Waals surface area contributed by atoms with Gasteiger partial charge in [0.2, 0.25) is 5.95 Å². The Balaban J connectivity index is 2.03. The van der Waals surface area contributed by atoms with Gasteiger partial charge in [-0.2, -0.15) is 4.98 Å². The van der Waals surface area contributed by atoms with Crippen molar-refractivity contribution < 1.29 is 4.39 Å². The molecule has 1 saturated heterocycles. The molecule has 31 heavy (non-hydrogen) atoms. The molecule has 0 saturated carbocycles. The van der Waals surface area contributed by atoms with Crippen LogP contribution in [0, 0.1) is 5.82 Å². The topological polar surface area (TPSA) is 65.1 Å². The highest BCUT2D eigenvalue weighted by molar-refractivity contribution is 6.31. The van der Waals surface area contributed by atoms with E-state index in [1.165, 1.54) is 15.2 Å². The number of imidazole rings is 1. The minimum Gasteiger partial charge on any atom is -0.342 e. The summed E-state index contributed by atoms with van der Waals surface area (Å²) in [6.45, 7) is 5.22. The van der Waals surface area contributed by atoms with Crippen LogP contribution >= 0.6 is 11.6 Å². The maximum atomic E-state index is 14.7. The predicted octanol–water partition coefficient (Wildman–Crippen LogP) is 3.70. The van der Waals surface area contributed by atoms with E-state index in [0.717, 1.165) is 38.8 Å². The number of rotatable bonds is 4. The molecule has 7 nitrogen and oxygen atoms in total. The summed E-state index contributed by atoms with van der Waals surface area (Å²) in [6, 6.07) is 4.22. The Morgan fingerprint density at radius 3 is 2.42 bits per heavy atom. The molecule has 0 atom stereocenters. The van der Waals surface area contributed by atoms with E-state index in [9.17, 15) is 14.0 Å². The fraction of sp³-hybridized carbons (Fsp3) is 0.500. The molecule has 1 aliphatic heterocycles. The van der Waals surface area contributed by atoms with E-state index in [4.69, 9.17) is 16.6 Å². The van der Waals surface area contributed by atoms with Gasteiger partial charge in [0.25, 0.3) is 5.56 Å². The summed E-state index contributed by atoms with van der Waals surface area (Å²) in [5, 5.41) is 0.290. The molecule has 1 fully saturated rings. The number of aromatic nitrogens is 4. The third kappa shape index (κ3) is 3.78. The first-order valence-electron chi connectivity index (χ1n) is 10.7. The molecule has 1 aliphatic rings. The van der Waals surface area contributed by atoms with Crippen molar-refractivity contribution in [2.45, 2.75) is 52.1 Å². The molecular formula is C22H27ClFN5O2. The van der Waals surface area contributed by atoms with Crippen LogP contribution in [-0.2, 0) is 13.6 Å². The summed E-state index contributed by atoms with van der Waals surface area (Å²) < 4.78 is 19.0. The summed E-state index contributed by atoms with van der Waals surface area (Å²) in [4.78, 5) is 33.1. The molecule has 3 aromatic rings. The normalized spacial score (nSPS) is 15.1. The molecule has 0 amide bonds. The zero-order valence-electron chi connectivity index (χ0n) is 18.1. The quantitative estimate of drug-likeness (QED) is 0.611. The maximum absolute atomic E-state index is 14.7. The van der Waals surface area contributed by atoms with Crippen molar-refractivity contribution in [1.82, 2.24) is 18.7 Å². The number of anilines is 1. The summed E-state index contributed by atoms with van der Waals surface area (Å²) in [7, 11) is 1.61. The second-order valence-corrected chi connectivity index (χ2v) is 8.79. The van der Waals surface area contributed by atoms with E-state index in [0.29, 0.717) is 17.2 Å². The molecule has 0 N–H and O–H groups in total. The number of aryl methyl sites for hydroxylation is 1. The van der Waals surface area contributed by atoms with Gasteiger partial charge >= 0.3 is 5.69 Å². The second kappa shape index (κ2) is 8.49. The average Bonchev–Trinajstić information content (AvgIpc) is 2.89. The van der Waals surface area contributed by atoms with Gasteiger partial charge in [-0.15, -0.1) is 0 Å². The van der Waals surface area contributed by atoms with Gasteiger partial charge in [0.1, 0.15) is 5.82 Å². The van der Waals surface area contributed by atoms with E-state index >= 15 is 0 Å². The van der Waals surface area contributed by atoms with Crippen LogP contribution in [0.4, 0.5) is 10.3 Å². The van der Waals surface area contributed by atoms with Crippen LogP contribution in [0.5, 0.6) is 0 Å². The standard InChI is InChI=1S/C22H27ClFN5O2/c1-14(2)29-20(30)18-19(26(3)22(29)31)25-21(27-11-6-4-5-7-12-27)28(18)13-15-16(23)9-8-10-17(15)24/h8-10,14H,4-7,11-13H2,1-3H3. The van der Waals surface area contributed by atoms with Crippen LogP contribution in [-0.4, -0.2) is 31.8 Å². The van der Waals surface area contributed by atoms with Crippen molar-refractivity contribution in [2.75, 3.05) is 18.0 Å². The van der Waals surface area contributed by atoms with Crippen LogP contribution < -0.4 is 16.1 Å². The lowest BCUT2D eigenvalue weighted by Gasteiger charge is -2.23. The van der Waals surface area contributed by atoms with Gasteiger partial charge in [0.05, 0.1) is 6.54 Å². The molecule has 1 aromatic carbocycles. The lowest BCUT2D eigenvalue weighted by atomic mass is 10.2. The Labute approximate surface area is 184 Å². The molecule has 0 aliphatic carbocycles. The smallest absolute Gasteiger partial charge is 0.332 e. The number of benzene rings is 1. The molecule has 166 valence electrons. The van der Waals surface area contributed by atoms with E-state index in [-0.39, 0.29) is 23.1 Å². The predicted molar refractivity (Wildman–Crippen MR) is 121 cm³/mol. The molecule has 0 bridgehead atoms. The van der Waals surface area contributed by atoms with Gasteiger partial charge in [-0.25, -0.2) is 9.18 Å². The van der Waals surface area contributed by atoms with Gasteiger partial charge in [0.15, 0.2) is 11.2 Å². The van der Waals surface area contributed by atoms with Crippen LogP contribution in [0.15, 0.2) is 27.8 Å². The fourth-order valence-corrected chi connectivity index (χ4v) is 4.51. The number of hydrogen-bond donors (Lipinski definition) is 0. The summed E-state index contributed by atoms with van der Waals surface area (Å²) in [6.07, 6.45) is 4.29. The van der Waals surface area contributed by atoms with Crippen molar-refractivity contribution in [3.8, 4) is 0 Å². The number of halogens is 2. The number of hydrogen-bond acceptors (Lipinski definition) is 4. The monoisotopic (exact) mass is 447 g/mol. The third-order valence-corrected chi connectivity index (χ3v) is 6.30. The third-order valence-electron chi connectivity index (χ3n) is 5.94. The molecule has 0 spiro atoms. The Kier molecular flexibility index (Phi) is 5.92. The van der Waals surface area contributed by atoms with Crippen LogP contribution in [0.2, 0.25) is 5.02 Å². The lowest BCUT2D eigenvalue weighted by Crippen LogP contribution is -2.40. The van der Waals surface area contributed by atoms with Crippen molar-refractivity contribution >= 4 is 28.7 Å². The van der Waals surface area contributed by atoms with Gasteiger partial charge in [-0.3, -0.25) is 18.5 Å². The summed E-state index contributed by atoms with van der Waals surface area (Å²) in [5.74, 6) is 0.134. The Morgan fingerprint density at radius 2 is 1.81 bits per heavy atom. The molecule has 2 aromatic heterocycles. The first-order valence-corrected chi connectivity index (χ1v) is 11.1. The van der Waals surface area contributed by atoms with E-state index in [1.807, 2.05) is 0 Å². The average molecular weight is 448 g/mol. The number of fused-ring (bicyclic) bond motifs is 1. The minimum absolute atomic E-state index is 0.0549. The zero-order valence-corrected chi connectivity index (χ0v) is 18.8. The Hall–Kier alpha value is -2.61. The van der Waals surface area contributed by atoms with Gasteiger partial charge < -0.3 is 4.90 Å². The van der Waals surface area contributed by atoms with Crippen LogP contribution in [0.3, 0.4) is 0 Å². The minimum atomic E-state index is -0.440. The molecule has 4 rings (SSSR count). The second-order valence-electron chi connectivity index (χ2n) is 8.38. The molecule has 3 heterocycles. The van der Waals surface area contributed by atoms with Gasteiger partial charge in [0, 0.05) is 36.8 Å². The van der Waals surface area contributed by atoms with E-state index in [1.54, 1.807) is 37.6 Å². The van der Waals surface area contributed by atoms with Gasteiger partial charge in [-0.05, 0) is 38.8 Å². The zero-order chi connectivity index (χ0) is 22.3. The molecule has 0 unspecified atom stereocenters. The van der Waals surface area contributed by atoms with Crippen molar-refractivity contribution in [3.05, 3.63) is 55.4 Å². The van der Waals surface area contributed by atoms with Gasteiger partial charge in [-0.1, -0.05) is 30.5 Å². The molecule has 0 radical (unpaired) electrons. The highest BCUT2D eigenvalue weighted by Crippen LogP contribution is 2.27. The largest absolute Gasteiger partial charge is 0.342 e. The summed E-state index contributed by atoms with van der Waals surface area (Å²) in [5.41, 5.74) is 0.0505. The van der Waals surface area contributed by atoms with Crippen LogP contribution in [0.1, 0.15) is 51.1 Å². The first-order chi connectivity index (χ1) is 14.8. The Bertz CT molecular complexity index is 1220. The lowest BCUT2D eigenvalue weighted by molar-refractivity contribution is 0.529. The first kappa shape index (κ1) is 21.6. The fourth-order valence-electron chi connectivity index (χ4n) is 4.29. The number of nitrogens with zero attached hydrogens (tertiary/aromatic N) is 5. The van der Waals surface area contributed by atoms with E-state index in [2.05, 4.69) is 4.90 Å². The van der Waals surface area contributed by atoms with Crippen molar-refractivity contribution in [1.29, 1.82) is 0 Å². The highest BCUT2D eigenvalue weighted by Gasteiger charge is 2.25. The Morgan fingerprint density at radius 1 is 1.13 bits per heavy atom. The maximum Gasteiger partial charge on any atom is 0.332 e. The summed E-state index contributed by atoms with van der Waals surface area (Å²) >= 11 is 6.31. The highest BCUT2D eigenvalue weighted by atomic mass is 35.5. The van der Waals surface area contributed by atoms with Crippen LogP contribution in [0.25, 0.3) is 11.2 Å². The SMILES string of the molecule is CC(C)n1c(=O)c2c(nc(N3CCCCCC3)n2Cc2c(F)cccc2Cl)n(C)c1=O. The van der Waals surface area contributed by atoms with Crippen molar-refractivity contribution in [2.24, 2.45) is 7.05 Å². The van der Waals surface area contributed by atoms with Crippen molar-refractivity contribution in [3.63, 3.8) is 0 Å². The van der Waals surface area contributed by atoms with E-state index < -0.39 is 17.1 Å².